The minimum absolute atomic E-state index is 0.182. The monoisotopic (exact) mass is 274 g/mol. The zero-order valence-electron chi connectivity index (χ0n) is 11.8. The molecule has 20 heavy (non-hydrogen) atoms. The van der Waals surface area contributed by atoms with Crippen molar-refractivity contribution in [3.63, 3.8) is 0 Å². The minimum atomic E-state index is -0.984. The molecule has 0 aliphatic rings. The van der Waals surface area contributed by atoms with Gasteiger partial charge in [0, 0.05) is 24.8 Å². The van der Waals surface area contributed by atoms with Crippen molar-refractivity contribution in [2.75, 3.05) is 11.1 Å². The zero-order valence-corrected chi connectivity index (χ0v) is 11.8. The molecule has 4 N–H and O–H groups in total. The highest BCUT2D eigenvalue weighted by molar-refractivity contribution is 5.90. The number of hydrogen-bond donors (Lipinski definition) is 3. The fourth-order valence-corrected chi connectivity index (χ4v) is 2.11. The van der Waals surface area contributed by atoms with Gasteiger partial charge in [-0.05, 0) is 32.0 Å². The van der Waals surface area contributed by atoms with E-state index in [9.17, 15) is 4.79 Å². The third-order valence-electron chi connectivity index (χ3n) is 3.41. The van der Waals surface area contributed by atoms with Crippen molar-refractivity contribution < 1.29 is 9.90 Å². The van der Waals surface area contributed by atoms with E-state index in [-0.39, 0.29) is 5.56 Å². The van der Waals surface area contributed by atoms with E-state index in [2.05, 4.69) is 10.4 Å². The van der Waals surface area contributed by atoms with Crippen molar-refractivity contribution in [3.8, 4) is 0 Å². The van der Waals surface area contributed by atoms with Gasteiger partial charge in [0.2, 0.25) is 0 Å². The number of hydrogen-bond acceptors (Lipinski definition) is 4. The molecule has 1 aromatic carbocycles. The molecule has 0 bridgehead atoms. The topological polar surface area (TPSA) is 93.2 Å². The molecule has 0 fully saturated rings. The molecule has 1 heterocycles. The maximum Gasteiger partial charge on any atom is 0.335 e. The molecule has 106 valence electrons. The molecule has 0 radical (unpaired) electrons. The van der Waals surface area contributed by atoms with Crippen LogP contribution in [-0.2, 0) is 13.6 Å². The number of anilines is 2. The molecule has 1 aromatic heterocycles. The SMILES string of the molecule is Cc1nn(C)c(C)c1CNc1ccc(C(=O)O)cc1N. The first-order valence-corrected chi connectivity index (χ1v) is 6.26. The molecule has 0 saturated heterocycles. The fraction of sp³-hybridized carbons (Fsp3) is 0.286. The summed E-state index contributed by atoms with van der Waals surface area (Å²) in [5.41, 5.74) is 10.4. The molecule has 0 aliphatic heterocycles. The lowest BCUT2D eigenvalue weighted by Crippen LogP contribution is -2.06. The molecule has 6 heteroatoms. The Kier molecular flexibility index (Phi) is 3.65. The predicted molar refractivity (Wildman–Crippen MR) is 77.8 cm³/mol. The van der Waals surface area contributed by atoms with E-state index in [4.69, 9.17) is 10.8 Å². The lowest BCUT2D eigenvalue weighted by molar-refractivity contribution is 0.0697. The number of rotatable bonds is 4. The van der Waals surface area contributed by atoms with Crippen LogP contribution in [0.4, 0.5) is 11.4 Å². The van der Waals surface area contributed by atoms with Crippen molar-refractivity contribution in [2.24, 2.45) is 7.05 Å². The quantitative estimate of drug-likeness (QED) is 0.741. The van der Waals surface area contributed by atoms with E-state index in [1.54, 1.807) is 6.07 Å². The summed E-state index contributed by atoms with van der Waals surface area (Å²) in [5, 5.41) is 16.5. The first-order valence-electron chi connectivity index (χ1n) is 6.26. The zero-order chi connectivity index (χ0) is 14.9. The maximum atomic E-state index is 10.8. The van der Waals surface area contributed by atoms with Crippen molar-refractivity contribution in [3.05, 3.63) is 40.7 Å². The van der Waals surface area contributed by atoms with Crippen LogP contribution >= 0.6 is 0 Å². The number of carboxylic acids is 1. The molecular weight excluding hydrogens is 256 g/mol. The first kappa shape index (κ1) is 13.9. The van der Waals surface area contributed by atoms with Crippen LogP contribution in [0.15, 0.2) is 18.2 Å². The standard InChI is InChI=1S/C14H18N4O2/c1-8-11(9(2)18(3)17-8)7-16-13-5-4-10(14(19)20)6-12(13)15/h4-6,16H,7,15H2,1-3H3,(H,19,20). The molecule has 0 spiro atoms. The number of benzene rings is 1. The number of nitrogens with zero attached hydrogens (tertiary/aromatic N) is 2. The Bertz CT molecular complexity index is 661. The maximum absolute atomic E-state index is 10.8. The third kappa shape index (κ3) is 2.59. The fourth-order valence-electron chi connectivity index (χ4n) is 2.11. The molecular formula is C14H18N4O2. The largest absolute Gasteiger partial charge is 0.478 e. The van der Waals surface area contributed by atoms with Crippen LogP contribution in [0.3, 0.4) is 0 Å². The van der Waals surface area contributed by atoms with Crippen molar-refractivity contribution >= 4 is 17.3 Å². The van der Waals surface area contributed by atoms with Crippen LogP contribution in [-0.4, -0.2) is 20.9 Å². The van der Waals surface area contributed by atoms with Gasteiger partial charge in [-0.3, -0.25) is 4.68 Å². The summed E-state index contributed by atoms with van der Waals surface area (Å²) in [7, 11) is 1.90. The van der Waals surface area contributed by atoms with E-state index in [0.29, 0.717) is 12.2 Å². The smallest absolute Gasteiger partial charge is 0.335 e. The van der Waals surface area contributed by atoms with Crippen LogP contribution in [0.25, 0.3) is 0 Å². The third-order valence-corrected chi connectivity index (χ3v) is 3.41. The van der Waals surface area contributed by atoms with Crippen molar-refractivity contribution in [2.45, 2.75) is 20.4 Å². The average Bonchev–Trinajstić information content (AvgIpc) is 2.62. The lowest BCUT2D eigenvalue weighted by atomic mass is 10.1. The van der Waals surface area contributed by atoms with Gasteiger partial charge < -0.3 is 16.2 Å². The van der Waals surface area contributed by atoms with Crippen LogP contribution in [0, 0.1) is 13.8 Å². The average molecular weight is 274 g/mol. The molecule has 2 rings (SSSR count). The van der Waals surface area contributed by atoms with E-state index in [0.717, 1.165) is 22.6 Å². The van der Waals surface area contributed by atoms with Gasteiger partial charge in [-0.25, -0.2) is 4.79 Å². The van der Waals surface area contributed by atoms with Crippen LogP contribution in [0.2, 0.25) is 0 Å². The van der Waals surface area contributed by atoms with Crippen LogP contribution in [0.5, 0.6) is 0 Å². The van der Waals surface area contributed by atoms with Gasteiger partial charge in [-0.1, -0.05) is 0 Å². The van der Waals surface area contributed by atoms with Gasteiger partial charge in [0.25, 0.3) is 0 Å². The summed E-state index contributed by atoms with van der Waals surface area (Å²) in [5.74, 6) is -0.984. The van der Waals surface area contributed by atoms with Gasteiger partial charge in [-0.2, -0.15) is 5.10 Å². The Morgan fingerprint density at radius 1 is 1.45 bits per heavy atom. The number of nitrogens with two attached hydrogens (primary N) is 1. The highest BCUT2D eigenvalue weighted by Gasteiger charge is 2.10. The molecule has 2 aromatic rings. The number of aromatic nitrogens is 2. The van der Waals surface area contributed by atoms with Gasteiger partial charge in [-0.15, -0.1) is 0 Å². The van der Waals surface area contributed by atoms with E-state index in [1.807, 2.05) is 25.6 Å². The summed E-state index contributed by atoms with van der Waals surface area (Å²) >= 11 is 0. The van der Waals surface area contributed by atoms with E-state index >= 15 is 0 Å². The first-order chi connectivity index (χ1) is 9.40. The van der Waals surface area contributed by atoms with Gasteiger partial charge in [0.1, 0.15) is 0 Å². The predicted octanol–water partition coefficient (Wildman–Crippen LogP) is 1.93. The number of aromatic carboxylic acids is 1. The number of aryl methyl sites for hydroxylation is 2. The highest BCUT2D eigenvalue weighted by atomic mass is 16.4. The Balaban J connectivity index is 2.17. The summed E-state index contributed by atoms with van der Waals surface area (Å²) in [6, 6.07) is 4.66. The molecule has 0 unspecified atom stereocenters. The summed E-state index contributed by atoms with van der Waals surface area (Å²) in [4.78, 5) is 10.8. The van der Waals surface area contributed by atoms with Gasteiger partial charge in [0.15, 0.2) is 0 Å². The highest BCUT2D eigenvalue weighted by Crippen LogP contribution is 2.22. The Morgan fingerprint density at radius 3 is 2.65 bits per heavy atom. The van der Waals surface area contributed by atoms with Gasteiger partial charge >= 0.3 is 5.97 Å². The number of carbonyl (C=O) groups is 1. The van der Waals surface area contributed by atoms with Crippen LogP contribution < -0.4 is 11.1 Å². The molecule has 0 saturated carbocycles. The number of nitrogens with one attached hydrogen (secondary N) is 1. The molecule has 0 amide bonds. The van der Waals surface area contributed by atoms with Crippen LogP contribution in [0.1, 0.15) is 27.3 Å². The Morgan fingerprint density at radius 2 is 2.15 bits per heavy atom. The Labute approximate surface area is 117 Å². The number of carboxylic acid groups (broad SMARTS) is 1. The second-order valence-corrected chi connectivity index (χ2v) is 4.73. The van der Waals surface area contributed by atoms with Crippen molar-refractivity contribution in [1.82, 2.24) is 9.78 Å². The van der Waals surface area contributed by atoms with E-state index in [1.165, 1.54) is 12.1 Å². The van der Waals surface area contributed by atoms with Gasteiger partial charge in [0.05, 0.1) is 22.6 Å². The van der Waals surface area contributed by atoms with Crippen molar-refractivity contribution in [1.29, 1.82) is 0 Å². The normalized spacial score (nSPS) is 10.6. The summed E-state index contributed by atoms with van der Waals surface area (Å²) in [6.45, 7) is 4.57. The Hall–Kier alpha value is -2.50. The van der Waals surface area contributed by atoms with E-state index < -0.39 is 5.97 Å². The summed E-state index contributed by atoms with van der Waals surface area (Å²) < 4.78 is 1.84. The second-order valence-electron chi connectivity index (χ2n) is 4.73. The molecule has 0 aliphatic carbocycles. The molecule has 6 nitrogen and oxygen atoms in total. The minimum Gasteiger partial charge on any atom is -0.478 e. The summed E-state index contributed by atoms with van der Waals surface area (Å²) in [6.07, 6.45) is 0. The second kappa shape index (κ2) is 5.24. The number of nitrogen functional groups attached to an aromatic ring is 1. The lowest BCUT2D eigenvalue weighted by Gasteiger charge is -2.10. The molecule has 0 atom stereocenters.